The first-order valence-electron chi connectivity index (χ1n) is 8.04. The summed E-state index contributed by atoms with van der Waals surface area (Å²) < 4.78 is 62.7. The number of esters is 2. The first kappa shape index (κ1) is 23.1. The van der Waals surface area contributed by atoms with Crippen LogP contribution in [-0.2, 0) is 27.5 Å². The van der Waals surface area contributed by atoms with Crippen LogP contribution in [0.3, 0.4) is 0 Å². The SMILES string of the molecule is COC(=O)CCC(=O)Oc1cc(-n2c(=O)cc(C(F)(F)F)n(C)c2=O)c(F)cc1Cl. The average Bonchev–Trinajstić information content (AvgIpc) is 2.65. The van der Waals surface area contributed by atoms with Crippen molar-refractivity contribution >= 4 is 23.5 Å². The Kier molecular flexibility index (Phi) is 6.70. The molecular formula is C17H13ClF4N2O6. The summed E-state index contributed by atoms with van der Waals surface area (Å²) >= 11 is 5.79. The van der Waals surface area contributed by atoms with Crippen molar-refractivity contribution in [3.63, 3.8) is 0 Å². The van der Waals surface area contributed by atoms with Gasteiger partial charge >= 0.3 is 23.8 Å². The van der Waals surface area contributed by atoms with Crippen LogP contribution < -0.4 is 16.0 Å². The molecule has 2 aromatic rings. The largest absolute Gasteiger partial charge is 0.469 e. The van der Waals surface area contributed by atoms with Gasteiger partial charge < -0.3 is 9.47 Å². The van der Waals surface area contributed by atoms with Gasteiger partial charge in [-0.2, -0.15) is 13.2 Å². The maximum absolute atomic E-state index is 14.4. The minimum absolute atomic E-state index is 0.123. The molecule has 0 saturated heterocycles. The third-order valence-electron chi connectivity index (χ3n) is 3.84. The van der Waals surface area contributed by atoms with Crippen molar-refractivity contribution in [3.05, 3.63) is 55.6 Å². The van der Waals surface area contributed by atoms with Crippen LogP contribution >= 0.6 is 11.6 Å². The molecule has 0 aliphatic heterocycles. The summed E-state index contributed by atoms with van der Waals surface area (Å²) in [5.74, 6) is -3.37. The molecule has 0 radical (unpaired) electrons. The van der Waals surface area contributed by atoms with Crippen LogP contribution in [-0.4, -0.2) is 28.2 Å². The van der Waals surface area contributed by atoms with Gasteiger partial charge in [-0.1, -0.05) is 11.6 Å². The fraction of sp³-hybridized carbons (Fsp3) is 0.294. The van der Waals surface area contributed by atoms with E-state index in [1.165, 1.54) is 0 Å². The van der Waals surface area contributed by atoms with E-state index in [9.17, 15) is 36.7 Å². The van der Waals surface area contributed by atoms with Gasteiger partial charge in [0, 0.05) is 19.2 Å². The molecule has 1 aromatic heterocycles. The van der Waals surface area contributed by atoms with Gasteiger partial charge in [0.05, 0.1) is 30.7 Å². The lowest BCUT2D eigenvalue weighted by molar-refractivity contribution is -0.144. The van der Waals surface area contributed by atoms with Gasteiger partial charge in [-0.15, -0.1) is 0 Å². The maximum Gasteiger partial charge on any atom is 0.431 e. The molecule has 30 heavy (non-hydrogen) atoms. The maximum atomic E-state index is 14.4. The zero-order chi connectivity index (χ0) is 22.8. The lowest BCUT2D eigenvalue weighted by Gasteiger charge is -2.15. The molecule has 0 N–H and O–H groups in total. The van der Waals surface area contributed by atoms with Gasteiger partial charge in [0.1, 0.15) is 11.5 Å². The van der Waals surface area contributed by atoms with E-state index >= 15 is 0 Å². The second-order valence-electron chi connectivity index (χ2n) is 5.83. The molecule has 13 heteroatoms. The number of benzene rings is 1. The Hall–Kier alpha value is -3.15. The molecule has 0 fully saturated rings. The highest BCUT2D eigenvalue weighted by Crippen LogP contribution is 2.30. The van der Waals surface area contributed by atoms with E-state index in [4.69, 9.17) is 16.3 Å². The molecular weight excluding hydrogens is 440 g/mol. The van der Waals surface area contributed by atoms with Crippen molar-refractivity contribution in [1.29, 1.82) is 0 Å². The molecule has 1 heterocycles. The van der Waals surface area contributed by atoms with Gasteiger partial charge in [-0.25, -0.2) is 13.8 Å². The summed E-state index contributed by atoms with van der Waals surface area (Å²) in [7, 11) is 1.86. The van der Waals surface area contributed by atoms with Gasteiger partial charge in [0.2, 0.25) is 0 Å². The lowest BCUT2D eigenvalue weighted by atomic mass is 10.2. The Morgan fingerprint density at radius 2 is 1.70 bits per heavy atom. The number of rotatable bonds is 5. The summed E-state index contributed by atoms with van der Waals surface area (Å²) in [4.78, 5) is 47.3. The Balaban J connectivity index is 2.52. The zero-order valence-corrected chi connectivity index (χ0v) is 16.1. The first-order chi connectivity index (χ1) is 13.9. The minimum atomic E-state index is -5.00. The second-order valence-corrected chi connectivity index (χ2v) is 6.23. The molecule has 0 bridgehead atoms. The molecule has 0 atom stereocenters. The van der Waals surface area contributed by atoms with Gasteiger partial charge in [0.15, 0.2) is 5.75 Å². The Morgan fingerprint density at radius 3 is 2.27 bits per heavy atom. The van der Waals surface area contributed by atoms with Crippen molar-refractivity contribution in [2.24, 2.45) is 7.05 Å². The number of nitrogens with zero attached hydrogens (tertiary/aromatic N) is 2. The average molecular weight is 453 g/mol. The number of alkyl halides is 3. The van der Waals surface area contributed by atoms with Crippen LogP contribution in [0.4, 0.5) is 17.6 Å². The van der Waals surface area contributed by atoms with E-state index < -0.39 is 63.8 Å². The van der Waals surface area contributed by atoms with Crippen molar-refractivity contribution in [2.45, 2.75) is 19.0 Å². The van der Waals surface area contributed by atoms with Crippen molar-refractivity contribution in [3.8, 4) is 11.4 Å². The van der Waals surface area contributed by atoms with Crippen LogP contribution in [0.2, 0.25) is 5.02 Å². The third-order valence-corrected chi connectivity index (χ3v) is 4.13. The summed E-state index contributed by atoms with van der Waals surface area (Å²) in [5, 5.41) is -0.417. The minimum Gasteiger partial charge on any atom is -0.469 e. The van der Waals surface area contributed by atoms with Gasteiger partial charge in [-0.3, -0.25) is 19.0 Å². The molecule has 0 saturated carbocycles. The number of ether oxygens (including phenoxy) is 2. The number of carbonyl (C=O) groups excluding carboxylic acids is 2. The van der Waals surface area contributed by atoms with Crippen LogP contribution in [0.5, 0.6) is 5.75 Å². The number of methoxy groups -OCH3 is 1. The molecule has 0 unspecified atom stereocenters. The number of aromatic nitrogens is 2. The Labute approximate surface area is 170 Å². The molecule has 8 nitrogen and oxygen atoms in total. The lowest BCUT2D eigenvalue weighted by Crippen LogP contribution is -2.41. The summed E-state index contributed by atoms with van der Waals surface area (Å²) in [6.45, 7) is 0. The second kappa shape index (κ2) is 8.69. The van der Waals surface area contributed by atoms with Crippen molar-refractivity contribution < 1.29 is 36.6 Å². The van der Waals surface area contributed by atoms with E-state index in [1.54, 1.807) is 0 Å². The zero-order valence-electron chi connectivity index (χ0n) is 15.4. The summed E-state index contributed by atoms with van der Waals surface area (Å²) in [5.41, 5.74) is -5.26. The van der Waals surface area contributed by atoms with Crippen LogP contribution in [0.25, 0.3) is 5.69 Å². The van der Waals surface area contributed by atoms with E-state index in [-0.39, 0.29) is 21.6 Å². The Bertz CT molecular complexity index is 1120. The molecule has 162 valence electrons. The molecule has 0 amide bonds. The quantitative estimate of drug-likeness (QED) is 0.392. The van der Waals surface area contributed by atoms with E-state index in [0.717, 1.165) is 14.2 Å². The topological polar surface area (TPSA) is 96.6 Å². The van der Waals surface area contributed by atoms with Crippen molar-refractivity contribution in [1.82, 2.24) is 9.13 Å². The fourth-order valence-electron chi connectivity index (χ4n) is 2.37. The predicted octanol–water partition coefficient (Wildman–Crippen LogP) is 2.21. The third kappa shape index (κ3) is 4.87. The molecule has 0 spiro atoms. The van der Waals surface area contributed by atoms with Crippen LogP contribution in [0.15, 0.2) is 27.8 Å². The monoisotopic (exact) mass is 452 g/mol. The Morgan fingerprint density at radius 1 is 1.10 bits per heavy atom. The molecule has 0 aliphatic carbocycles. The van der Waals surface area contributed by atoms with Gasteiger partial charge in [-0.05, 0) is 6.07 Å². The molecule has 0 aliphatic rings. The highest BCUT2D eigenvalue weighted by Gasteiger charge is 2.35. The van der Waals surface area contributed by atoms with E-state index in [1.807, 2.05) is 0 Å². The van der Waals surface area contributed by atoms with Crippen LogP contribution in [0.1, 0.15) is 18.5 Å². The molecule has 2 rings (SSSR count). The number of halogens is 5. The molecule has 1 aromatic carbocycles. The van der Waals surface area contributed by atoms with Crippen LogP contribution in [0, 0.1) is 5.82 Å². The van der Waals surface area contributed by atoms with Gasteiger partial charge in [0.25, 0.3) is 5.56 Å². The van der Waals surface area contributed by atoms with E-state index in [2.05, 4.69) is 4.74 Å². The first-order valence-corrected chi connectivity index (χ1v) is 8.41. The summed E-state index contributed by atoms with van der Waals surface area (Å²) in [6, 6.07) is 1.45. The normalized spacial score (nSPS) is 11.3. The highest BCUT2D eigenvalue weighted by atomic mass is 35.5. The summed E-state index contributed by atoms with van der Waals surface area (Å²) in [6.07, 6.45) is -5.73. The number of hydrogen-bond donors (Lipinski definition) is 0. The smallest absolute Gasteiger partial charge is 0.431 e. The van der Waals surface area contributed by atoms with E-state index in [0.29, 0.717) is 12.1 Å². The predicted molar refractivity (Wildman–Crippen MR) is 94.1 cm³/mol. The standard InChI is InChI=1S/C17H13ClF4N2O6/c1-23-12(17(20,21)22)7-13(25)24(16(23)28)10-6-11(8(18)5-9(10)19)30-15(27)4-3-14(26)29-2/h5-7H,3-4H2,1-2H3. The van der Waals surface area contributed by atoms with Crippen molar-refractivity contribution in [2.75, 3.05) is 7.11 Å². The number of carbonyl (C=O) groups is 2. The number of hydrogen-bond acceptors (Lipinski definition) is 6. The fourth-order valence-corrected chi connectivity index (χ4v) is 2.56. The highest BCUT2D eigenvalue weighted by molar-refractivity contribution is 6.32.